The average Bonchev–Trinajstić information content (AvgIpc) is 3.20. The van der Waals surface area contributed by atoms with Crippen LogP contribution in [-0.4, -0.2) is 72.1 Å². The third-order valence-corrected chi connectivity index (χ3v) is 7.59. The standard InChI is InChI=1S/C26H35FN6O3/c1-30-11-8-19(28)20-13-22(36-15-17-12-16(27)14-33(17)2)32-25(31-20)23(29)18-6-5-10-26(24(18)35)9-4-3-7-21(26)34/h8,11,13,16-17H,3-7,9-10,12,14-15,28-29H2,1-2H3/p+1/b19-8-,23-18-,30-11?/t16-,17-,26+/m0/s1. The molecule has 3 atom stereocenters. The zero-order chi connectivity index (χ0) is 25.9. The number of likely N-dealkylation sites (N-methyl/N-ethyl adjacent to an activating group) is 1. The Balaban J connectivity index is 1.69. The SMILES string of the molecule is C[NH+]=C/C=C(\N)c1cc(OC[C@@H]2C[C@H](F)CN2C)nc(/C(N)=C2\CCC[C@@]3(CCCCC3=O)C2=O)n1. The maximum atomic E-state index is 13.8. The molecule has 3 fully saturated rings. The minimum atomic E-state index is -0.968. The van der Waals surface area contributed by atoms with Crippen LogP contribution in [-0.2, 0) is 9.59 Å². The summed E-state index contributed by atoms with van der Waals surface area (Å²) >= 11 is 0. The molecule has 1 saturated heterocycles. The van der Waals surface area contributed by atoms with E-state index in [1.54, 1.807) is 25.4 Å². The number of rotatable bonds is 6. The molecule has 9 nitrogen and oxygen atoms in total. The summed E-state index contributed by atoms with van der Waals surface area (Å²) in [6.07, 6.45) is 7.23. The Bertz CT molecular complexity index is 1110. The second-order valence-corrected chi connectivity index (χ2v) is 10.0. The lowest BCUT2D eigenvalue weighted by molar-refractivity contribution is -0.413. The van der Waals surface area contributed by atoms with Gasteiger partial charge in [0.15, 0.2) is 17.8 Å². The molecule has 1 aromatic rings. The van der Waals surface area contributed by atoms with E-state index in [4.69, 9.17) is 16.2 Å². The van der Waals surface area contributed by atoms with Crippen molar-refractivity contribution in [2.45, 2.75) is 63.6 Å². The molecule has 4 rings (SSSR count). The quantitative estimate of drug-likeness (QED) is 0.293. The summed E-state index contributed by atoms with van der Waals surface area (Å²) in [5, 5.41) is 0. The molecule has 0 aromatic carbocycles. The van der Waals surface area contributed by atoms with E-state index in [0.717, 1.165) is 12.8 Å². The number of Topliss-reactive ketones (excluding diaryl/α,β-unsaturated/α-hetero) is 2. The van der Waals surface area contributed by atoms with E-state index in [1.807, 2.05) is 11.9 Å². The number of ether oxygens (including phenoxy) is 1. The summed E-state index contributed by atoms with van der Waals surface area (Å²) in [4.78, 5) is 40.3. The van der Waals surface area contributed by atoms with Gasteiger partial charge in [-0.3, -0.25) is 19.5 Å². The van der Waals surface area contributed by atoms with E-state index < -0.39 is 11.6 Å². The predicted octanol–water partition coefficient (Wildman–Crippen LogP) is 0.531. The topological polar surface area (TPSA) is 138 Å². The zero-order valence-electron chi connectivity index (χ0n) is 21.1. The smallest absolute Gasteiger partial charge is 0.217 e. The minimum Gasteiger partial charge on any atom is -0.476 e. The number of carbonyl (C=O) groups is 2. The number of aromatic nitrogens is 2. The van der Waals surface area contributed by atoms with Crippen LogP contribution < -0.4 is 21.2 Å². The molecule has 2 saturated carbocycles. The summed E-state index contributed by atoms with van der Waals surface area (Å²) in [5.41, 5.74) is 13.1. The number of allylic oxidation sites excluding steroid dienone is 2. The maximum Gasteiger partial charge on any atom is 0.217 e. The Hall–Kier alpha value is -3.14. The number of halogens is 1. The molecule has 36 heavy (non-hydrogen) atoms. The fourth-order valence-electron chi connectivity index (χ4n) is 5.48. The van der Waals surface area contributed by atoms with E-state index >= 15 is 0 Å². The average molecular weight is 500 g/mol. The van der Waals surface area contributed by atoms with Crippen molar-refractivity contribution in [2.75, 3.05) is 27.2 Å². The first kappa shape index (κ1) is 25.9. The van der Waals surface area contributed by atoms with Crippen LogP contribution in [0, 0.1) is 5.41 Å². The number of hydrogen-bond donors (Lipinski definition) is 3. The Morgan fingerprint density at radius 3 is 2.72 bits per heavy atom. The normalized spacial score (nSPS) is 29.4. The van der Waals surface area contributed by atoms with Gasteiger partial charge in [0.1, 0.15) is 25.6 Å². The van der Waals surface area contributed by atoms with Crippen LogP contribution in [0.5, 0.6) is 5.88 Å². The molecule has 10 heteroatoms. The molecule has 0 bridgehead atoms. The lowest BCUT2D eigenvalue weighted by atomic mass is 9.62. The van der Waals surface area contributed by atoms with Gasteiger partial charge in [-0.15, -0.1) is 0 Å². The summed E-state index contributed by atoms with van der Waals surface area (Å²) < 4.78 is 19.7. The fourth-order valence-corrected chi connectivity index (χ4v) is 5.48. The van der Waals surface area contributed by atoms with Gasteiger partial charge >= 0.3 is 0 Å². The second-order valence-electron chi connectivity index (χ2n) is 10.0. The number of hydrogen-bond acceptors (Lipinski definition) is 8. The van der Waals surface area contributed by atoms with Gasteiger partial charge in [0.2, 0.25) is 5.88 Å². The molecule has 0 amide bonds. The molecule has 1 aliphatic heterocycles. The van der Waals surface area contributed by atoms with Crippen molar-refractivity contribution in [1.29, 1.82) is 0 Å². The Labute approximate surface area is 210 Å². The molecule has 2 aliphatic carbocycles. The predicted molar refractivity (Wildman–Crippen MR) is 134 cm³/mol. The van der Waals surface area contributed by atoms with Gasteiger partial charge in [-0.1, -0.05) is 6.42 Å². The molecule has 1 spiro atoms. The van der Waals surface area contributed by atoms with Crippen LogP contribution in [0.15, 0.2) is 17.7 Å². The molecule has 194 valence electrons. The van der Waals surface area contributed by atoms with E-state index in [0.29, 0.717) is 62.0 Å². The van der Waals surface area contributed by atoms with Crippen molar-refractivity contribution < 1.29 is 23.7 Å². The number of likely N-dealkylation sites (tertiary alicyclic amines) is 1. The van der Waals surface area contributed by atoms with Crippen molar-refractivity contribution in [3.05, 3.63) is 29.2 Å². The summed E-state index contributed by atoms with van der Waals surface area (Å²) in [6, 6.07) is 1.52. The number of ketones is 2. The van der Waals surface area contributed by atoms with Gasteiger partial charge in [0, 0.05) is 36.7 Å². The van der Waals surface area contributed by atoms with Gasteiger partial charge in [-0.2, -0.15) is 4.98 Å². The molecule has 1 aromatic heterocycles. The van der Waals surface area contributed by atoms with Crippen molar-refractivity contribution in [2.24, 2.45) is 16.9 Å². The first-order chi connectivity index (χ1) is 17.2. The van der Waals surface area contributed by atoms with E-state index in [9.17, 15) is 14.0 Å². The lowest BCUT2D eigenvalue weighted by Gasteiger charge is -2.38. The third-order valence-electron chi connectivity index (χ3n) is 7.59. The van der Waals surface area contributed by atoms with Crippen LogP contribution in [0.2, 0.25) is 0 Å². The first-order valence-electron chi connectivity index (χ1n) is 12.6. The molecular formula is C26H36FN6O3+. The van der Waals surface area contributed by atoms with Crippen molar-refractivity contribution in [3.8, 4) is 5.88 Å². The minimum absolute atomic E-state index is 0.0177. The summed E-state index contributed by atoms with van der Waals surface area (Å²) in [7, 11) is 3.61. The Morgan fingerprint density at radius 1 is 1.25 bits per heavy atom. The van der Waals surface area contributed by atoms with Gasteiger partial charge in [-0.25, -0.2) is 9.37 Å². The zero-order valence-corrected chi connectivity index (χ0v) is 21.1. The highest BCUT2D eigenvalue weighted by Crippen LogP contribution is 2.45. The van der Waals surface area contributed by atoms with Crippen LogP contribution in [0.25, 0.3) is 11.4 Å². The highest BCUT2D eigenvalue weighted by Gasteiger charge is 2.49. The monoisotopic (exact) mass is 499 g/mol. The molecule has 0 radical (unpaired) electrons. The molecule has 3 aliphatic rings. The fraction of sp³-hybridized carbons (Fsp3) is 0.577. The summed E-state index contributed by atoms with van der Waals surface area (Å²) in [6.45, 7) is 0.609. The number of nitrogens with two attached hydrogens (primary N) is 2. The van der Waals surface area contributed by atoms with Crippen molar-refractivity contribution in [3.63, 3.8) is 0 Å². The highest BCUT2D eigenvalue weighted by molar-refractivity contribution is 6.17. The number of carbonyl (C=O) groups excluding carboxylic acids is 2. The number of alkyl halides is 1. The molecule has 0 unspecified atom stereocenters. The van der Waals surface area contributed by atoms with Crippen LogP contribution in [0.3, 0.4) is 0 Å². The van der Waals surface area contributed by atoms with E-state index in [-0.39, 0.29) is 41.6 Å². The Kier molecular flexibility index (Phi) is 7.82. The number of nitrogens with zero attached hydrogens (tertiary/aromatic N) is 3. The van der Waals surface area contributed by atoms with E-state index in [1.165, 1.54) is 0 Å². The highest BCUT2D eigenvalue weighted by atomic mass is 19.1. The van der Waals surface area contributed by atoms with Crippen LogP contribution in [0.1, 0.15) is 62.9 Å². The molecular weight excluding hydrogens is 463 g/mol. The third kappa shape index (κ3) is 5.18. The molecule has 5 N–H and O–H groups in total. The van der Waals surface area contributed by atoms with Crippen LogP contribution >= 0.6 is 0 Å². The van der Waals surface area contributed by atoms with Gasteiger partial charge in [-0.05, 0) is 45.6 Å². The summed E-state index contributed by atoms with van der Waals surface area (Å²) in [5.74, 6) is 0.196. The largest absolute Gasteiger partial charge is 0.476 e. The van der Waals surface area contributed by atoms with Gasteiger partial charge < -0.3 is 16.2 Å². The lowest BCUT2D eigenvalue weighted by Crippen LogP contribution is -2.62. The van der Waals surface area contributed by atoms with Crippen LogP contribution in [0.4, 0.5) is 4.39 Å². The molecule has 2 heterocycles. The first-order valence-corrected chi connectivity index (χ1v) is 12.6. The maximum absolute atomic E-state index is 13.8. The Morgan fingerprint density at radius 2 is 2.03 bits per heavy atom. The van der Waals surface area contributed by atoms with Gasteiger partial charge in [0.05, 0.1) is 22.5 Å². The van der Waals surface area contributed by atoms with E-state index in [2.05, 4.69) is 15.0 Å². The van der Waals surface area contributed by atoms with Crippen molar-refractivity contribution >= 4 is 29.2 Å². The van der Waals surface area contributed by atoms with Gasteiger partial charge in [0.25, 0.3) is 0 Å². The van der Waals surface area contributed by atoms with Crippen molar-refractivity contribution in [1.82, 2.24) is 14.9 Å². The number of nitrogens with one attached hydrogen (secondary N) is 1. The second kappa shape index (κ2) is 10.9.